The minimum absolute atomic E-state index is 0.0167. The number of nitro benzene ring substituents is 1. The van der Waals surface area contributed by atoms with Crippen LogP contribution in [0.3, 0.4) is 0 Å². The standard InChI is InChI=1S/C8H8N2O3/c1-9(6-11)7-2-4-8(5-3-7)10(12)13/h2-6H,1H3/i1-1. The number of carbonyl (C=O) groups is 1. The first-order chi connectivity index (χ1) is 6.15. The number of anilines is 1. The van der Waals surface area contributed by atoms with E-state index in [0.29, 0.717) is 12.1 Å². The Morgan fingerprint density at radius 3 is 2.31 bits per heavy atom. The van der Waals surface area contributed by atoms with Gasteiger partial charge in [-0.15, -0.1) is 0 Å². The van der Waals surface area contributed by atoms with Crippen LogP contribution >= 0.6 is 0 Å². The lowest BCUT2D eigenvalue weighted by atomic mass is 10.2. The van der Waals surface area contributed by atoms with Crippen molar-refractivity contribution in [3.05, 3.63) is 34.4 Å². The van der Waals surface area contributed by atoms with Gasteiger partial charge in [-0.1, -0.05) is 0 Å². The summed E-state index contributed by atoms with van der Waals surface area (Å²) in [4.78, 5) is 21.4. The molecule has 0 saturated carbocycles. The average molecular weight is 179 g/mol. The van der Waals surface area contributed by atoms with Gasteiger partial charge in [-0.2, -0.15) is 0 Å². The number of hydrogen-bond acceptors (Lipinski definition) is 3. The van der Waals surface area contributed by atoms with E-state index in [0.717, 1.165) is 0 Å². The van der Waals surface area contributed by atoms with Gasteiger partial charge in [0.1, 0.15) is 0 Å². The third-order valence-corrected chi connectivity index (χ3v) is 1.63. The van der Waals surface area contributed by atoms with Crippen molar-refractivity contribution in [3.8, 4) is 0 Å². The third-order valence-electron chi connectivity index (χ3n) is 1.63. The number of non-ortho nitro benzene ring substituents is 1. The first kappa shape index (κ1) is 9.18. The molecule has 0 N–H and O–H groups in total. The topological polar surface area (TPSA) is 63.5 Å². The lowest BCUT2D eigenvalue weighted by Crippen LogP contribution is -2.13. The van der Waals surface area contributed by atoms with Crippen molar-refractivity contribution >= 4 is 17.8 Å². The molecule has 13 heavy (non-hydrogen) atoms. The van der Waals surface area contributed by atoms with E-state index in [1.807, 2.05) is 0 Å². The molecular weight excluding hydrogens is 171 g/mol. The van der Waals surface area contributed by atoms with Crippen molar-refractivity contribution in [2.75, 3.05) is 11.9 Å². The predicted octanol–water partition coefficient (Wildman–Crippen LogP) is 1.19. The third kappa shape index (κ3) is 2.02. The molecule has 0 spiro atoms. The first-order valence-electron chi connectivity index (χ1n) is 3.57. The number of amides is 1. The van der Waals surface area contributed by atoms with Crippen LogP contribution in [-0.4, -0.2) is 18.4 Å². The molecule has 0 aliphatic heterocycles. The number of benzene rings is 1. The van der Waals surface area contributed by atoms with Gasteiger partial charge in [-0.3, -0.25) is 14.9 Å². The molecule has 5 heteroatoms. The molecule has 0 saturated heterocycles. The van der Waals surface area contributed by atoms with E-state index < -0.39 is 4.92 Å². The Morgan fingerprint density at radius 2 is 1.92 bits per heavy atom. The highest BCUT2D eigenvalue weighted by atomic mass is 16.6. The summed E-state index contributed by atoms with van der Waals surface area (Å²) >= 11 is 0. The molecule has 0 aliphatic carbocycles. The minimum Gasteiger partial charge on any atom is -0.318 e. The molecule has 0 atom stereocenters. The van der Waals surface area contributed by atoms with Crippen molar-refractivity contribution in [1.29, 1.82) is 0 Å². The molecule has 0 aromatic heterocycles. The number of hydrogen-bond donors (Lipinski definition) is 0. The Morgan fingerprint density at radius 1 is 1.38 bits per heavy atom. The summed E-state index contributed by atoms with van der Waals surface area (Å²) in [5.74, 6) is 0. The summed E-state index contributed by atoms with van der Waals surface area (Å²) in [7, 11) is 1.58. The van der Waals surface area contributed by atoms with Crippen molar-refractivity contribution < 1.29 is 9.72 Å². The Kier molecular flexibility index (Phi) is 2.59. The van der Waals surface area contributed by atoms with Crippen LogP contribution in [0.2, 0.25) is 0 Å². The van der Waals surface area contributed by atoms with Crippen LogP contribution in [0.4, 0.5) is 11.4 Å². The van der Waals surface area contributed by atoms with E-state index in [-0.39, 0.29) is 5.69 Å². The average Bonchev–Trinajstić information content (AvgIpc) is 2.17. The molecule has 0 unspecified atom stereocenters. The van der Waals surface area contributed by atoms with Gasteiger partial charge in [0.2, 0.25) is 6.41 Å². The zero-order valence-corrected chi connectivity index (χ0v) is 7.01. The fourth-order valence-corrected chi connectivity index (χ4v) is 0.870. The smallest absolute Gasteiger partial charge is 0.269 e. The molecule has 0 fully saturated rings. The summed E-state index contributed by atoms with van der Waals surface area (Å²) in [6.07, 6.45) is 0.640. The molecule has 0 bridgehead atoms. The van der Waals surface area contributed by atoms with Gasteiger partial charge in [0.05, 0.1) is 4.92 Å². The summed E-state index contributed by atoms with van der Waals surface area (Å²) in [6.45, 7) is 0. The second kappa shape index (κ2) is 3.66. The van der Waals surface area contributed by atoms with Crippen molar-refractivity contribution in [1.82, 2.24) is 0 Å². The molecule has 0 radical (unpaired) electrons. The van der Waals surface area contributed by atoms with Crippen LogP contribution in [0.15, 0.2) is 24.3 Å². The highest BCUT2D eigenvalue weighted by Crippen LogP contribution is 2.16. The van der Waals surface area contributed by atoms with E-state index in [9.17, 15) is 14.9 Å². The molecule has 5 nitrogen and oxygen atoms in total. The number of carbonyl (C=O) groups excluding carboxylic acids is 1. The number of rotatable bonds is 3. The van der Waals surface area contributed by atoms with Crippen LogP contribution in [0.1, 0.15) is 0 Å². The fourth-order valence-electron chi connectivity index (χ4n) is 0.870. The molecule has 1 amide bonds. The van der Waals surface area contributed by atoms with Gasteiger partial charge in [0.25, 0.3) is 5.69 Å². The van der Waals surface area contributed by atoms with E-state index in [1.165, 1.54) is 29.2 Å². The quantitative estimate of drug-likeness (QED) is 0.397. The van der Waals surface area contributed by atoms with E-state index >= 15 is 0 Å². The van der Waals surface area contributed by atoms with Gasteiger partial charge in [0.15, 0.2) is 0 Å². The van der Waals surface area contributed by atoms with Crippen molar-refractivity contribution in [2.24, 2.45) is 0 Å². The number of nitro groups is 1. The van der Waals surface area contributed by atoms with Crippen LogP contribution < -0.4 is 4.90 Å². The maximum absolute atomic E-state index is 10.3. The Hall–Kier alpha value is -1.91. The van der Waals surface area contributed by atoms with Gasteiger partial charge >= 0.3 is 0 Å². The van der Waals surface area contributed by atoms with Gasteiger partial charge in [-0.25, -0.2) is 0 Å². The zero-order valence-electron chi connectivity index (χ0n) is 7.01. The summed E-state index contributed by atoms with van der Waals surface area (Å²) < 4.78 is 0. The number of nitrogens with zero attached hydrogens (tertiary/aromatic N) is 2. The largest absolute Gasteiger partial charge is 0.318 e. The second-order valence-corrected chi connectivity index (χ2v) is 2.49. The lowest BCUT2D eigenvalue weighted by Gasteiger charge is -2.08. The molecule has 1 rings (SSSR count). The van der Waals surface area contributed by atoms with Gasteiger partial charge in [0, 0.05) is 24.9 Å². The van der Waals surface area contributed by atoms with Crippen LogP contribution in [0.25, 0.3) is 0 Å². The minimum atomic E-state index is -0.481. The van der Waals surface area contributed by atoms with Crippen LogP contribution in [0, 0.1) is 10.1 Å². The highest BCUT2D eigenvalue weighted by molar-refractivity contribution is 5.74. The van der Waals surface area contributed by atoms with Gasteiger partial charge < -0.3 is 4.90 Å². The van der Waals surface area contributed by atoms with Crippen molar-refractivity contribution in [3.63, 3.8) is 0 Å². The zero-order chi connectivity index (χ0) is 9.84. The maximum Gasteiger partial charge on any atom is 0.269 e. The Balaban J connectivity index is 2.93. The van der Waals surface area contributed by atoms with E-state index in [4.69, 9.17) is 0 Å². The summed E-state index contributed by atoms with van der Waals surface area (Å²) in [6, 6.07) is 5.75. The maximum atomic E-state index is 10.3. The predicted molar refractivity (Wildman–Crippen MR) is 47.6 cm³/mol. The molecule has 68 valence electrons. The monoisotopic (exact) mass is 179 g/mol. The fraction of sp³-hybridized carbons (Fsp3) is 0.125. The first-order valence-corrected chi connectivity index (χ1v) is 3.57. The van der Waals surface area contributed by atoms with Crippen molar-refractivity contribution in [2.45, 2.75) is 0 Å². The Labute approximate surface area is 74.7 Å². The molecule has 0 aliphatic rings. The molecule has 0 heterocycles. The normalized spacial score (nSPS) is 9.31. The SMILES string of the molecule is [11CH3]N(C=O)c1ccc([N+](=O)[O-])cc1. The molecular formula is C8H8N2O3. The Bertz CT molecular complexity index is 321. The van der Waals surface area contributed by atoms with E-state index in [2.05, 4.69) is 0 Å². The highest BCUT2D eigenvalue weighted by Gasteiger charge is 2.05. The summed E-state index contributed by atoms with van der Waals surface area (Å²) in [5, 5.41) is 10.3. The van der Waals surface area contributed by atoms with E-state index in [1.54, 1.807) is 7.05 Å². The molecule has 1 aromatic rings. The molecule has 1 aromatic carbocycles. The second-order valence-electron chi connectivity index (χ2n) is 2.49. The lowest BCUT2D eigenvalue weighted by molar-refractivity contribution is -0.384. The van der Waals surface area contributed by atoms with Gasteiger partial charge in [-0.05, 0) is 12.1 Å². The van der Waals surface area contributed by atoms with Crippen LogP contribution in [0.5, 0.6) is 0 Å². The summed E-state index contributed by atoms with van der Waals surface area (Å²) in [5.41, 5.74) is 0.642. The van der Waals surface area contributed by atoms with Crippen LogP contribution in [-0.2, 0) is 4.79 Å².